The van der Waals surface area contributed by atoms with Crippen molar-refractivity contribution in [2.24, 2.45) is 0 Å². The van der Waals surface area contributed by atoms with Gasteiger partial charge in [0.2, 0.25) is 5.60 Å². The summed E-state index contributed by atoms with van der Waals surface area (Å²) in [5.74, 6) is 0.0441. The Bertz CT molecular complexity index is 1320. The van der Waals surface area contributed by atoms with Crippen LogP contribution in [0.2, 0.25) is 0 Å². The number of phosphoric acid groups is 2. The minimum absolute atomic E-state index is 0.0441. The average molecular weight is 583 g/mol. The number of anilines is 1. The minimum atomic E-state index is -5.41. The molecule has 2 aliphatic heterocycles. The molecule has 2 unspecified atom stereocenters. The van der Waals surface area contributed by atoms with Crippen LogP contribution in [0.4, 0.5) is 5.82 Å². The number of nitrogens with zero attached hydrogens (tertiary/aromatic N) is 4. The van der Waals surface area contributed by atoms with Gasteiger partial charge in [-0.2, -0.15) is 14.7 Å². The van der Waals surface area contributed by atoms with E-state index < -0.39 is 77.4 Å². The summed E-state index contributed by atoms with van der Waals surface area (Å²) in [4.78, 5) is 23.4. The van der Waals surface area contributed by atoms with Crippen LogP contribution in [0.5, 0.6) is 0 Å². The number of nitriles is 1. The number of aliphatic hydroxyl groups excluding tert-OH is 5. The monoisotopic (exact) mass is 583 g/mol. The third-order valence-corrected chi connectivity index (χ3v) is 8.44. The van der Waals surface area contributed by atoms with E-state index in [1.54, 1.807) is 6.07 Å². The van der Waals surface area contributed by atoms with Crippen LogP contribution < -0.4 is 5.73 Å². The summed E-state index contributed by atoms with van der Waals surface area (Å²) < 4.78 is 48.9. The number of aromatic nitrogens is 3. The zero-order chi connectivity index (χ0) is 28.0. The number of aliphatic hydroxyl groups is 5. The zero-order valence-corrected chi connectivity index (χ0v) is 20.7. The summed E-state index contributed by atoms with van der Waals surface area (Å²) in [6, 6.07) is 4.52. The van der Waals surface area contributed by atoms with Gasteiger partial charge < -0.3 is 50.5 Å². The molecule has 9 N–H and O–H groups in total. The van der Waals surface area contributed by atoms with E-state index in [-0.39, 0.29) is 17.0 Å². The Balaban J connectivity index is 1.41. The normalized spacial score (nSPS) is 36.6. The van der Waals surface area contributed by atoms with E-state index in [9.17, 15) is 49.7 Å². The SMILES string of the molecule is N#C[C@@]1(c2ccc3c(N)ncnn23)O[C@H](COP(=O)(O)OP(=O)(O)OC[C@H]2O[C@@H](O)[C@H](O)[C@@H]2O)[C@@H](O)[C@H]1O. The van der Waals surface area contributed by atoms with Gasteiger partial charge in [-0.3, -0.25) is 9.05 Å². The van der Waals surface area contributed by atoms with Gasteiger partial charge in [-0.25, -0.2) is 18.6 Å². The van der Waals surface area contributed by atoms with Gasteiger partial charge in [0.15, 0.2) is 12.1 Å². The molecule has 2 aromatic heterocycles. The second kappa shape index (κ2) is 10.5. The Hall–Kier alpha value is -2.11. The first-order chi connectivity index (χ1) is 17.7. The predicted molar refractivity (Wildman–Crippen MR) is 117 cm³/mol. The highest BCUT2D eigenvalue weighted by molar-refractivity contribution is 7.61. The largest absolute Gasteiger partial charge is 0.481 e. The lowest BCUT2D eigenvalue weighted by Gasteiger charge is -2.24. The van der Waals surface area contributed by atoms with Gasteiger partial charge in [0.05, 0.1) is 18.9 Å². The lowest BCUT2D eigenvalue weighted by molar-refractivity contribution is -0.132. The van der Waals surface area contributed by atoms with Gasteiger partial charge in [0.25, 0.3) is 0 Å². The van der Waals surface area contributed by atoms with Crippen molar-refractivity contribution in [1.82, 2.24) is 14.6 Å². The van der Waals surface area contributed by atoms with Gasteiger partial charge in [0.1, 0.15) is 54.5 Å². The number of rotatable bonds is 9. The topological polar surface area (TPSA) is 302 Å². The first kappa shape index (κ1) is 28.9. The summed E-state index contributed by atoms with van der Waals surface area (Å²) in [6.07, 6.45) is -11.0. The van der Waals surface area contributed by atoms with Crippen molar-refractivity contribution in [3.8, 4) is 6.07 Å². The number of hydrogen-bond acceptors (Lipinski definition) is 16. The first-order valence-electron chi connectivity index (χ1n) is 10.6. The highest BCUT2D eigenvalue weighted by Gasteiger charge is 2.58. The molecule has 0 aromatic carbocycles. The number of hydrogen-bond donors (Lipinski definition) is 8. The molecule has 19 nitrogen and oxygen atoms in total. The third-order valence-electron chi connectivity index (χ3n) is 5.83. The molecule has 0 spiro atoms. The molecule has 210 valence electrons. The maximum Gasteiger partial charge on any atom is 0.481 e. The standard InChI is InChI=1S/C17H23N5O14P2/c18-5-17(10-2-1-7-15(19)20-6-21-22(7)10)14(26)12(24)9(35-17)4-33-38(30,31)36-37(28,29)32-3-8-11(23)13(25)16(27)34-8/h1-2,6,8-9,11-14,16,23-27H,3-4H2,(H,28,29)(H,30,31)(H2,19,20,21)/t8-,9-,11-,12-,13-,14-,16-,17+/m1/s1. The van der Waals surface area contributed by atoms with E-state index >= 15 is 0 Å². The van der Waals surface area contributed by atoms with Crippen molar-refractivity contribution >= 4 is 27.0 Å². The van der Waals surface area contributed by atoms with E-state index in [4.69, 9.17) is 15.2 Å². The second-order valence-electron chi connectivity index (χ2n) is 8.26. The van der Waals surface area contributed by atoms with E-state index in [1.807, 2.05) is 0 Å². The Morgan fingerprint density at radius 2 is 1.68 bits per heavy atom. The zero-order valence-electron chi connectivity index (χ0n) is 18.9. The van der Waals surface area contributed by atoms with Crippen LogP contribution in [0.3, 0.4) is 0 Å². The van der Waals surface area contributed by atoms with Crippen LogP contribution in [0.25, 0.3) is 5.52 Å². The van der Waals surface area contributed by atoms with Crippen molar-refractivity contribution in [3.63, 3.8) is 0 Å². The van der Waals surface area contributed by atoms with Gasteiger partial charge >= 0.3 is 15.6 Å². The van der Waals surface area contributed by atoms with Gasteiger partial charge in [-0.05, 0) is 12.1 Å². The van der Waals surface area contributed by atoms with Crippen LogP contribution in [0.15, 0.2) is 18.5 Å². The second-order valence-corrected chi connectivity index (χ2v) is 11.3. The molecule has 2 fully saturated rings. The molecule has 0 amide bonds. The molecule has 21 heteroatoms. The molecule has 4 heterocycles. The molecule has 38 heavy (non-hydrogen) atoms. The van der Waals surface area contributed by atoms with Crippen LogP contribution in [-0.2, 0) is 37.6 Å². The number of fused-ring (bicyclic) bond motifs is 1. The lowest BCUT2D eigenvalue weighted by atomic mass is 9.92. The summed E-state index contributed by atoms with van der Waals surface area (Å²) in [5.41, 5.74) is 3.73. The fraction of sp³-hybridized carbons (Fsp3) is 0.588. The maximum atomic E-state index is 12.2. The van der Waals surface area contributed by atoms with Crippen LogP contribution >= 0.6 is 15.6 Å². The molecular formula is C17H23N5O14P2. The quantitative estimate of drug-likeness (QED) is 0.135. The van der Waals surface area contributed by atoms with E-state index in [0.29, 0.717) is 0 Å². The molecule has 0 saturated carbocycles. The smallest absolute Gasteiger partial charge is 0.387 e. The lowest BCUT2D eigenvalue weighted by Crippen LogP contribution is -2.41. The maximum absolute atomic E-state index is 12.2. The molecule has 0 bridgehead atoms. The van der Waals surface area contributed by atoms with Gasteiger partial charge in [-0.1, -0.05) is 0 Å². The summed E-state index contributed by atoms with van der Waals surface area (Å²) in [7, 11) is -10.8. The van der Waals surface area contributed by atoms with Crippen molar-refractivity contribution in [3.05, 3.63) is 24.2 Å². The number of nitrogens with two attached hydrogens (primary N) is 1. The van der Waals surface area contributed by atoms with E-state index in [1.165, 1.54) is 12.1 Å². The Morgan fingerprint density at radius 1 is 1.05 bits per heavy atom. The highest BCUT2D eigenvalue weighted by atomic mass is 31.3. The molecule has 2 saturated heterocycles. The average Bonchev–Trinajstić information content (AvgIpc) is 3.47. The third kappa shape index (κ3) is 5.34. The van der Waals surface area contributed by atoms with Crippen molar-refractivity contribution in [2.75, 3.05) is 18.9 Å². The Labute approximate surface area is 212 Å². The first-order valence-corrected chi connectivity index (χ1v) is 13.6. The fourth-order valence-electron chi connectivity index (χ4n) is 3.93. The molecule has 10 atom stereocenters. The summed E-state index contributed by atoms with van der Waals surface area (Å²) >= 11 is 0. The van der Waals surface area contributed by atoms with Gasteiger partial charge in [-0.15, -0.1) is 0 Å². The molecular weight excluding hydrogens is 560 g/mol. The number of phosphoric ester groups is 2. The summed E-state index contributed by atoms with van der Waals surface area (Å²) in [5, 5.41) is 63.3. The molecule has 2 aliphatic rings. The summed E-state index contributed by atoms with van der Waals surface area (Å²) in [6.45, 7) is -1.96. The van der Waals surface area contributed by atoms with Crippen LogP contribution in [-0.4, -0.2) is 106 Å². The Morgan fingerprint density at radius 3 is 2.26 bits per heavy atom. The van der Waals surface area contributed by atoms with Gasteiger partial charge in [0, 0.05) is 0 Å². The van der Waals surface area contributed by atoms with Crippen LogP contribution in [0, 0.1) is 11.3 Å². The number of ether oxygens (including phenoxy) is 2. The molecule has 0 radical (unpaired) electrons. The van der Waals surface area contributed by atoms with Crippen molar-refractivity contribution < 1.29 is 67.3 Å². The van der Waals surface area contributed by atoms with E-state index in [2.05, 4.69) is 23.4 Å². The van der Waals surface area contributed by atoms with Crippen LogP contribution in [0.1, 0.15) is 5.69 Å². The van der Waals surface area contributed by atoms with E-state index in [0.717, 1.165) is 10.8 Å². The predicted octanol–water partition coefficient (Wildman–Crippen LogP) is -3.16. The van der Waals surface area contributed by atoms with Crippen molar-refractivity contribution in [2.45, 2.75) is 48.5 Å². The minimum Gasteiger partial charge on any atom is -0.387 e. The highest BCUT2D eigenvalue weighted by Crippen LogP contribution is 2.60. The number of nitrogen functional groups attached to an aromatic ring is 1. The van der Waals surface area contributed by atoms with Crippen molar-refractivity contribution in [1.29, 1.82) is 5.26 Å². The molecule has 4 rings (SSSR count). The molecule has 0 aliphatic carbocycles. The fourth-order valence-corrected chi connectivity index (χ4v) is 6.02. The molecule has 2 aromatic rings. The Kier molecular flexibility index (Phi) is 7.95.